The highest BCUT2D eigenvalue weighted by molar-refractivity contribution is 7.09. The Morgan fingerprint density at radius 1 is 1.30 bits per heavy atom. The number of fused-ring (bicyclic) bond motifs is 1. The smallest absolute Gasteiger partial charge is 0.315 e. The number of rotatable bonds is 5. The largest absolute Gasteiger partial charge is 0.454 e. The number of urea groups is 1. The van der Waals surface area contributed by atoms with Gasteiger partial charge in [0.1, 0.15) is 5.60 Å². The first-order chi connectivity index (χ1) is 11.0. The van der Waals surface area contributed by atoms with Crippen LogP contribution in [0, 0.1) is 0 Å². The topological polar surface area (TPSA) is 79.8 Å². The van der Waals surface area contributed by atoms with Gasteiger partial charge in [0.2, 0.25) is 6.79 Å². The Morgan fingerprint density at radius 2 is 2.13 bits per heavy atom. The predicted octanol–water partition coefficient (Wildman–Crippen LogP) is 2.18. The first-order valence-corrected chi connectivity index (χ1v) is 8.09. The van der Waals surface area contributed by atoms with Gasteiger partial charge in [-0.25, -0.2) is 4.79 Å². The second-order valence-electron chi connectivity index (χ2n) is 5.46. The normalized spacial score (nSPS) is 15.0. The lowest BCUT2D eigenvalue weighted by atomic mass is 9.95. The van der Waals surface area contributed by atoms with E-state index >= 15 is 0 Å². The number of amides is 2. The molecule has 2 heterocycles. The summed E-state index contributed by atoms with van der Waals surface area (Å²) in [5.74, 6) is 1.26. The number of thiophene rings is 1. The molecule has 1 atom stereocenters. The van der Waals surface area contributed by atoms with Gasteiger partial charge in [-0.05, 0) is 36.1 Å². The van der Waals surface area contributed by atoms with Gasteiger partial charge in [-0.3, -0.25) is 0 Å². The summed E-state index contributed by atoms with van der Waals surface area (Å²) in [6.45, 7) is 2.38. The quantitative estimate of drug-likeness (QED) is 0.783. The Hall–Kier alpha value is -2.25. The molecule has 0 bridgehead atoms. The third kappa shape index (κ3) is 3.75. The van der Waals surface area contributed by atoms with Gasteiger partial charge in [-0.1, -0.05) is 12.1 Å². The van der Waals surface area contributed by atoms with Crippen LogP contribution >= 0.6 is 11.3 Å². The molecule has 0 fully saturated rings. The maximum atomic E-state index is 11.8. The van der Waals surface area contributed by atoms with E-state index in [0.717, 1.165) is 4.88 Å². The summed E-state index contributed by atoms with van der Waals surface area (Å²) in [7, 11) is 0. The van der Waals surface area contributed by atoms with E-state index in [1.165, 1.54) is 0 Å². The average Bonchev–Trinajstić information content (AvgIpc) is 3.21. The van der Waals surface area contributed by atoms with Gasteiger partial charge < -0.3 is 25.2 Å². The van der Waals surface area contributed by atoms with E-state index in [0.29, 0.717) is 23.6 Å². The van der Waals surface area contributed by atoms with Crippen LogP contribution in [-0.2, 0) is 12.1 Å². The molecule has 1 unspecified atom stereocenters. The van der Waals surface area contributed by atoms with E-state index in [-0.39, 0.29) is 19.4 Å². The molecule has 0 saturated heterocycles. The van der Waals surface area contributed by atoms with Gasteiger partial charge in [0.05, 0.1) is 13.1 Å². The van der Waals surface area contributed by atoms with Crippen molar-refractivity contribution in [2.24, 2.45) is 0 Å². The van der Waals surface area contributed by atoms with Crippen LogP contribution in [0.4, 0.5) is 4.79 Å². The molecule has 1 aliphatic rings. The van der Waals surface area contributed by atoms with Crippen molar-refractivity contribution in [3.05, 3.63) is 46.2 Å². The van der Waals surface area contributed by atoms with Crippen LogP contribution in [0.25, 0.3) is 0 Å². The second-order valence-corrected chi connectivity index (χ2v) is 6.49. The number of aliphatic hydroxyl groups is 1. The Labute approximate surface area is 138 Å². The lowest BCUT2D eigenvalue weighted by Crippen LogP contribution is -2.43. The van der Waals surface area contributed by atoms with Gasteiger partial charge in [-0.15, -0.1) is 11.3 Å². The highest BCUT2D eigenvalue weighted by Gasteiger charge is 2.26. The fourth-order valence-electron chi connectivity index (χ4n) is 2.23. The summed E-state index contributed by atoms with van der Waals surface area (Å²) in [6, 6.07) is 8.81. The van der Waals surface area contributed by atoms with Gasteiger partial charge >= 0.3 is 6.03 Å². The Bertz CT molecular complexity index is 685. The molecule has 23 heavy (non-hydrogen) atoms. The van der Waals surface area contributed by atoms with Crippen LogP contribution in [0.15, 0.2) is 35.7 Å². The van der Waals surface area contributed by atoms with E-state index in [1.807, 2.05) is 17.5 Å². The molecule has 1 aliphatic heterocycles. The van der Waals surface area contributed by atoms with Crippen molar-refractivity contribution in [1.82, 2.24) is 10.6 Å². The molecule has 2 amide bonds. The zero-order valence-electron chi connectivity index (χ0n) is 12.7. The third-order valence-electron chi connectivity index (χ3n) is 3.59. The van der Waals surface area contributed by atoms with Crippen LogP contribution in [0.2, 0.25) is 0 Å². The van der Waals surface area contributed by atoms with Crippen LogP contribution in [0.3, 0.4) is 0 Å². The maximum Gasteiger partial charge on any atom is 0.315 e. The highest BCUT2D eigenvalue weighted by Crippen LogP contribution is 2.35. The predicted molar refractivity (Wildman–Crippen MR) is 86.7 cm³/mol. The number of hydrogen-bond donors (Lipinski definition) is 3. The van der Waals surface area contributed by atoms with Crippen molar-refractivity contribution in [2.45, 2.75) is 19.1 Å². The summed E-state index contributed by atoms with van der Waals surface area (Å²) in [6.07, 6.45) is 0. The van der Waals surface area contributed by atoms with Crippen LogP contribution in [0.1, 0.15) is 17.4 Å². The van der Waals surface area contributed by atoms with Gasteiger partial charge in [0, 0.05) is 4.88 Å². The molecular weight excluding hydrogens is 316 g/mol. The number of carbonyl (C=O) groups is 1. The van der Waals surface area contributed by atoms with Gasteiger partial charge in [0.25, 0.3) is 0 Å². The number of carbonyl (C=O) groups excluding carboxylic acids is 1. The van der Waals surface area contributed by atoms with E-state index in [2.05, 4.69) is 10.6 Å². The van der Waals surface area contributed by atoms with Crippen molar-refractivity contribution < 1.29 is 19.4 Å². The van der Waals surface area contributed by atoms with Gasteiger partial charge in [-0.2, -0.15) is 0 Å². The SMILES string of the molecule is CC(O)(CNC(=O)NCc1cccs1)c1ccc2c(c1)OCO2. The molecule has 2 aromatic rings. The minimum Gasteiger partial charge on any atom is -0.454 e. The van der Waals surface area contributed by atoms with E-state index in [4.69, 9.17) is 9.47 Å². The summed E-state index contributed by atoms with van der Waals surface area (Å²) < 4.78 is 10.6. The number of hydrogen-bond acceptors (Lipinski definition) is 5. The standard InChI is InChI=1S/C16H18N2O4S/c1-16(20,11-4-5-13-14(7-11)22-10-21-13)9-18-15(19)17-8-12-3-2-6-23-12/h2-7,20H,8-10H2,1H3,(H2,17,18,19). The fraction of sp³-hybridized carbons (Fsp3) is 0.312. The van der Waals surface area contributed by atoms with Crippen LogP contribution in [-0.4, -0.2) is 24.5 Å². The van der Waals surface area contributed by atoms with Crippen molar-refractivity contribution in [3.8, 4) is 11.5 Å². The molecule has 0 radical (unpaired) electrons. The highest BCUT2D eigenvalue weighted by atomic mass is 32.1. The fourth-order valence-corrected chi connectivity index (χ4v) is 2.87. The molecule has 1 aromatic heterocycles. The Kier molecular flexibility index (Phi) is 4.40. The lowest BCUT2D eigenvalue weighted by Gasteiger charge is -2.24. The zero-order chi connectivity index (χ0) is 16.3. The summed E-state index contributed by atoms with van der Waals surface area (Å²) in [5, 5.41) is 18.0. The minimum absolute atomic E-state index is 0.0862. The summed E-state index contributed by atoms with van der Waals surface area (Å²) >= 11 is 1.58. The monoisotopic (exact) mass is 334 g/mol. The number of nitrogens with one attached hydrogen (secondary N) is 2. The van der Waals surface area contributed by atoms with E-state index < -0.39 is 5.60 Å². The molecule has 3 rings (SSSR count). The Balaban J connectivity index is 1.54. The average molecular weight is 334 g/mol. The molecule has 0 spiro atoms. The first kappa shape index (κ1) is 15.6. The van der Waals surface area contributed by atoms with E-state index in [1.54, 1.807) is 36.5 Å². The Morgan fingerprint density at radius 3 is 2.91 bits per heavy atom. The molecular formula is C16H18N2O4S. The van der Waals surface area contributed by atoms with Gasteiger partial charge in [0.15, 0.2) is 11.5 Å². The van der Waals surface area contributed by atoms with Crippen molar-refractivity contribution in [2.75, 3.05) is 13.3 Å². The number of ether oxygens (including phenoxy) is 2. The second kappa shape index (κ2) is 6.47. The van der Waals surface area contributed by atoms with Crippen LogP contribution in [0.5, 0.6) is 11.5 Å². The molecule has 3 N–H and O–H groups in total. The molecule has 6 nitrogen and oxygen atoms in total. The first-order valence-electron chi connectivity index (χ1n) is 7.21. The molecule has 122 valence electrons. The van der Waals surface area contributed by atoms with Crippen LogP contribution < -0.4 is 20.1 Å². The van der Waals surface area contributed by atoms with E-state index in [9.17, 15) is 9.90 Å². The maximum absolute atomic E-state index is 11.8. The molecule has 1 aromatic carbocycles. The molecule has 0 saturated carbocycles. The van der Waals surface area contributed by atoms with Crippen molar-refractivity contribution in [1.29, 1.82) is 0 Å². The summed E-state index contributed by atoms with van der Waals surface area (Å²) in [4.78, 5) is 12.9. The lowest BCUT2D eigenvalue weighted by molar-refractivity contribution is 0.0591. The zero-order valence-corrected chi connectivity index (χ0v) is 13.5. The summed E-state index contributed by atoms with van der Waals surface area (Å²) in [5.41, 5.74) is -0.554. The third-order valence-corrected chi connectivity index (χ3v) is 4.47. The molecule has 0 aliphatic carbocycles. The van der Waals surface area contributed by atoms with Crippen molar-refractivity contribution >= 4 is 17.4 Å². The van der Waals surface area contributed by atoms with Crippen molar-refractivity contribution in [3.63, 3.8) is 0 Å². The number of benzene rings is 1. The molecule has 7 heteroatoms. The minimum atomic E-state index is -1.21.